The molecule has 4 rings (SSSR count). The minimum Gasteiger partial charge on any atom is -0.379 e. The maximum Gasteiger partial charge on any atom is 0.293 e. The number of fused-ring (bicyclic) bond motifs is 1. The molecule has 1 N–H and O–H groups in total. The van der Waals surface area contributed by atoms with E-state index in [1.54, 1.807) is 16.8 Å². The number of hydrogen-bond acceptors (Lipinski definition) is 7. The molecule has 0 amide bonds. The average Bonchev–Trinajstić information content (AvgIpc) is 2.82. The summed E-state index contributed by atoms with van der Waals surface area (Å²) in [4.78, 5) is 28.4. The Kier molecular flexibility index (Phi) is 7.61. The van der Waals surface area contributed by atoms with Crippen molar-refractivity contribution in [3.63, 3.8) is 0 Å². The highest BCUT2D eigenvalue weighted by molar-refractivity contribution is 5.78. The van der Waals surface area contributed by atoms with Gasteiger partial charge in [-0.2, -0.15) is 4.39 Å². The molecule has 0 atom stereocenters. The van der Waals surface area contributed by atoms with Crippen LogP contribution in [0.2, 0.25) is 0 Å². The van der Waals surface area contributed by atoms with Gasteiger partial charge in [-0.05, 0) is 37.0 Å². The molecule has 1 fully saturated rings. The molecule has 176 valence electrons. The van der Waals surface area contributed by atoms with Gasteiger partial charge in [0.25, 0.3) is 5.56 Å². The minimum absolute atomic E-state index is 0.149. The molecule has 9 heteroatoms. The predicted molar refractivity (Wildman–Crippen MR) is 127 cm³/mol. The highest BCUT2D eigenvalue weighted by atomic mass is 19.1. The first-order chi connectivity index (χ1) is 16.0. The van der Waals surface area contributed by atoms with Crippen LogP contribution in [0.4, 0.5) is 10.2 Å². The number of aryl methyl sites for hydroxylation is 1. The molecule has 0 aliphatic carbocycles. The summed E-state index contributed by atoms with van der Waals surface area (Å²) in [5.74, 6) is 0.343. The van der Waals surface area contributed by atoms with Gasteiger partial charge in [0, 0.05) is 56.2 Å². The van der Waals surface area contributed by atoms with E-state index in [1.165, 1.54) is 12.3 Å². The molecule has 0 radical (unpaired) electrons. The second-order valence-corrected chi connectivity index (χ2v) is 8.77. The largest absolute Gasteiger partial charge is 0.379 e. The molecule has 1 saturated heterocycles. The highest BCUT2D eigenvalue weighted by Gasteiger charge is 2.15. The summed E-state index contributed by atoms with van der Waals surface area (Å²) in [5.41, 5.74) is 2.53. The van der Waals surface area contributed by atoms with Gasteiger partial charge in [-0.15, -0.1) is 0 Å². The molecule has 33 heavy (non-hydrogen) atoms. The van der Waals surface area contributed by atoms with Gasteiger partial charge in [0.1, 0.15) is 0 Å². The van der Waals surface area contributed by atoms with Gasteiger partial charge in [0.05, 0.1) is 18.7 Å². The smallest absolute Gasteiger partial charge is 0.293 e. The number of hydrogen-bond donors (Lipinski definition) is 1. The van der Waals surface area contributed by atoms with Crippen LogP contribution >= 0.6 is 0 Å². The lowest BCUT2D eigenvalue weighted by Crippen LogP contribution is -2.39. The van der Waals surface area contributed by atoms with Crippen LogP contribution in [0.5, 0.6) is 0 Å². The fourth-order valence-corrected chi connectivity index (χ4v) is 3.98. The molecule has 8 nitrogen and oxygen atoms in total. The van der Waals surface area contributed by atoms with Crippen LogP contribution < -0.4 is 10.9 Å². The van der Waals surface area contributed by atoms with E-state index in [2.05, 4.69) is 39.0 Å². The molecule has 4 heterocycles. The first-order valence-electron chi connectivity index (χ1n) is 11.6. The zero-order chi connectivity index (χ0) is 23.2. The molecule has 0 bridgehead atoms. The summed E-state index contributed by atoms with van der Waals surface area (Å²) in [7, 11) is 0. The number of nitrogens with one attached hydrogen (secondary N) is 1. The first-order valence-corrected chi connectivity index (χ1v) is 11.6. The van der Waals surface area contributed by atoms with Crippen molar-refractivity contribution in [2.24, 2.45) is 5.92 Å². The van der Waals surface area contributed by atoms with Crippen molar-refractivity contribution in [1.29, 1.82) is 0 Å². The van der Waals surface area contributed by atoms with Crippen molar-refractivity contribution in [1.82, 2.24) is 24.4 Å². The maximum atomic E-state index is 13.3. The Hall–Kier alpha value is -2.91. The van der Waals surface area contributed by atoms with Crippen LogP contribution in [-0.2, 0) is 11.3 Å². The number of ether oxygens (including phenoxy) is 1. The molecule has 0 spiro atoms. The Labute approximate surface area is 192 Å². The van der Waals surface area contributed by atoms with E-state index < -0.39 is 5.95 Å². The summed E-state index contributed by atoms with van der Waals surface area (Å²) in [6.45, 7) is 9.66. The van der Waals surface area contributed by atoms with Crippen LogP contribution in [0.25, 0.3) is 22.3 Å². The lowest BCUT2D eigenvalue weighted by Gasteiger charge is -2.26. The third-order valence-electron chi connectivity index (χ3n) is 5.85. The molecule has 0 unspecified atom stereocenters. The number of nitrogens with zero attached hydrogens (tertiary/aromatic N) is 5. The summed E-state index contributed by atoms with van der Waals surface area (Å²) >= 11 is 0. The second-order valence-electron chi connectivity index (χ2n) is 8.77. The van der Waals surface area contributed by atoms with Crippen LogP contribution in [0.15, 0.2) is 35.4 Å². The highest BCUT2D eigenvalue weighted by Crippen LogP contribution is 2.22. The van der Waals surface area contributed by atoms with Crippen molar-refractivity contribution >= 4 is 17.0 Å². The van der Waals surface area contributed by atoms with Crippen LogP contribution in [-0.4, -0.2) is 63.8 Å². The Morgan fingerprint density at radius 1 is 1.12 bits per heavy atom. The predicted octanol–water partition coefficient (Wildman–Crippen LogP) is 3.17. The lowest BCUT2D eigenvalue weighted by atomic mass is 10.1. The molecule has 3 aromatic heterocycles. The van der Waals surface area contributed by atoms with Crippen molar-refractivity contribution in [2.45, 2.75) is 33.2 Å². The Bertz CT molecular complexity index is 1130. The summed E-state index contributed by atoms with van der Waals surface area (Å²) < 4.78 is 20.4. The number of anilines is 1. The molecule has 3 aromatic rings. The van der Waals surface area contributed by atoms with E-state index in [9.17, 15) is 9.18 Å². The summed E-state index contributed by atoms with van der Waals surface area (Å²) in [5, 5.41) is 3.23. The van der Waals surface area contributed by atoms with Crippen molar-refractivity contribution < 1.29 is 9.13 Å². The quantitative estimate of drug-likeness (QED) is 0.497. The van der Waals surface area contributed by atoms with Gasteiger partial charge in [0.15, 0.2) is 11.5 Å². The molecule has 1 aliphatic heterocycles. The Morgan fingerprint density at radius 2 is 1.91 bits per heavy atom. The van der Waals surface area contributed by atoms with Gasteiger partial charge in [-0.3, -0.25) is 9.69 Å². The number of halogens is 1. The van der Waals surface area contributed by atoms with E-state index in [4.69, 9.17) is 4.74 Å². The zero-order valence-corrected chi connectivity index (χ0v) is 19.3. The van der Waals surface area contributed by atoms with Crippen molar-refractivity contribution in [2.75, 3.05) is 44.7 Å². The monoisotopic (exact) mass is 454 g/mol. The summed E-state index contributed by atoms with van der Waals surface area (Å²) in [6.07, 6.45) is 5.05. The van der Waals surface area contributed by atoms with E-state index in [0.29, 0.717) is 36.0 Å². The van der Waals surface area contributed by atoms with E-state index in [0.717, 1.165) is 56.8 Å². The molecular weight excluding hydrogens is 423 g/mol. The SMILES string of the molecule is CC(C)CCCn1c(=O)c(NCCN2CCOCC2)nc2ncc(-c3ccc(F)nc3)cc21. The van der Waals surface area contributed by atoms with Crippen LogP contribution in [0.1, 0.15) is 26.7 Å². The molecule has 1 aliphatic rings. The van der Waals surface area contributed by atoms with Gasteiger partial charge in [-0.1, -0.05) is 13.8 Å². The normalized spacial score (nSPS) is 14.8. The molecule has 0 aromatic carbocycles. The van der Waals surface area contributed by atoms with Crippen molar-refractivity contribution in [3.8, 4) is 11.1 Å². The van der Waals surface area contributed by atoms with Crippen LogP contribution in [0.3, 0.4) is 0 Å². The van der Waals surface area contributed by atoms with Crippen LogP contribution in [0, 0.1) is 11.9 Å². The second kappa shape index (κ2) is 10.8. The van der Waals surface area contributed by atoms with E-state index in [-0.39, 0.29) is 5.56 Å². The Morgan fingerprint density at radius 3 is 2.64 bits per heavy atom. The fourth-order valence-electron chi connectivity index (χ4n) is 3.98. The van der Waals surface area contributed by atoms with Gasteiger partial charge in [-0.25, -0.2) is 15.0 Å². The number of morpholine rings is 1. The third kappa shape index (κ3) is 5.91. The molecular formula is C24H31FN6O2. The van der Waals surface area contributed by atoms with Crippen molar-refractivity contribution in [3.05, 3.63) is 46.9 Å². The fraction of sp³-hybridized carbons (Fsp3) is 0.500. The number of aromatic nitrogens is 4. The maximum absolute atomic E-state index is 13.3. The van der Waals surface area contributed by atoms with E-state index in [1.807, 2.05) is 6.07 Å². The van der Waals surface area contributed by atoms with Gasteiger partial charge < -0.3 is 14.6 Å². The first kappa shape index (κ1) is 23.3. The van der Waals surface area contributed by atoms with Gasteiger partial charge >= 0.3 is 0 Å². The lowest BCUT2D eigenvalue weighted by molar-refractivity contribution is 0.0398. The standard InChI is InChI=1S/C24H31FN6O2/c1-17(2)4-3-8-31-20-14-19(18-5-6-21(25)27-15-18)16-28-22(20)29-23(24(31)32)26-7-9-30-10-12-33-13-11-30/h5-6,14-17H,3-4,7-13H2,1-2H3,(H,26,28,29). The topological polar surface area (TPSA) is 85.2 Å². The number of pyridine rings is 2. The summed E-state index contributed by atoms with van der Waals surface area (Å²) in [6, 6.07) is 4.86. The Balaban J connectivity index is 1.63. The van der Waals surface area contributed by atoms with Gasteiger partial charge in [0.2, 0.25) is 5.95 Å². The number of rotatable bonds is 9. The molecule has 0 saturated carbocycles. The average molecular weight is 455 g/mol. The zero-order valence-electron chi connectivity index (χ0n) is 19.3. The minimum atomic E-state index is -0.535. The van der Waals surface area contributed by atoms with E-state index >= 15 is 0 Å². The third-order valence-corrected chi connectivity index (χ3v) is 5.85.